The van der Waals surface area contributed by atoms with E-state index in [0.29, 0.717) is 11.8 Å². The molecule has 1 heterocycles. The second-order valence-electron chi connectivity index (χ2n) is 8.25. The zero-order valence-corrected chi connectivity index (χ0v) is 15.0. The van der Waals surface area contributed by atoms with Gasteiger partial charge in [0.25, 0.3) is 0 Å². The molecule has 0 unspecified atom stereocenters. The summed E-state index contributed by atoms with van der Waals surface area (Å²) in [5.74, 6) is 0.284. The standard InChI is InChI=1S/C22H20F3NO2/c23-22(24,25)16-3-1-2-15-17-13-8-9-14(10-13)18(17)19(26-20(15)16)11-4-6-12(7-5-11)21(27)28/h1-7,13-14,17-19,26H,8-10H2,(H,27,28)/t13-,14-,17-,18-,19-/m0/s1. The number of carboxylic acid groups (broad SMARTS) is 1. The highest BCUT2D eigenvalue weighted by Crippen LogP contribution is 2.64. The number of alkyl halides is 3. The maximum Gasteiger partial charge on any atom is 0.418 e. The van der Waals surface area contributed by atoms with Crippen molar-refractivity contribution in [1.29, 1.82) is 0 Å². The van der Waals surface area contributed by atoms with Gasteiger partial charge in [0.15, 0.2) is 0 Å². The fourth-order valence-corrected chi connectivity index (χ4v) is 5.91. The van der Waals surface area contributed by atoms with Crippen molar-refractivity contribution in [2.45, 2.75) is 37.4 Å². The molecule has 146 valence electrons. The van der Waals surface area contributed by atoms with Crippen LogP contribution >= 0.6 is 0 Å². The van der Waals surface area contributed by atoms with Crippen molar-refractivity contribution < 1.29 is 23.1 Å². The van der Waals surface area contributed by atoms with Crippen molar-refractivity contribution in [2.24, 2.45) is 17.8 Å². The number of anilines is 1. The van der Waals surface area contributed by atoms with Crippen LogP contribution in [-0.4, -0.2) is 11.1 Å². The maximum atomic E-state index is 13.7. The van der Waals surface area contributed by atoms with Crippen LogP contribution in [0.4, 0.5) is 18.9 Å². The lowest BCUT2D eigenvalue weighted by Gasteiger charge is -2.44. The first kappa shape index (κ1) is 17.6. The van der Waals surface area contributed by atoms with E-state index in [1.807, 2.05) is 6.07 Å². The minimum Gasteiger partial charge on any atom is -0.478 e. The Balaban J connectivity index is 1.63. The van der Waals surface area contributed by atoms with E-state index in [4.69, 9.17) is 5.11 Å². The molecule has 3 aliphatic rings. The van der Waals surface area contributed by atoms with Crippen LogP contribution < -0.4 is 5.32 Å². The Morgan fingerprint density at radius 1 is 1.04 bits per heavy atom. The smallest absolute Gasteiger partial charge is 0.418 e. The van der Waals surface area contributed by atoms with Gasteiger partial charge in [-0.15, -0.1) is 0 Å². The molecule has 2 aromatic rings. The van der Waals surface area contributed by atoms with Crippen LogP contribution in [0.5, 0.6) is 0 Å². The van der Waals surface area contributed by atoms with E-state index in [-0.39, 0.29) is 29.1 Å². The molecule has 2 aromatic carbocycles. The molecule has 6 heteroatoms. The number of benzene rings is 2. The fourth-order valence-electron chi connectivity index (χ4n) is 5.91. The molecule has 28 heavy (non-hydrogen) atoms. The summed E-state index contributed by atoms with van der Waals surface area (Å²) in [5, 5.41) is 12.4. The van der Waals surface area contributed by atoms with Crippen molar-refractivity contribution in [3.8, 4) is 0 Å². The van der Waals surface area contributed by atoms with E-state index in [1.54, 1.807) is 12.1 Å². The number of nitrogens with one attached hydrogen (secondary N) is 1. The first-order valence-corrected chi connectivity index (χ1v) is 9.64. The second-order valence-corrected chi connectivity index (χ2v) is 8.25. The Kier molecular flexibility index (Phi) is 3.77. The van der Waals surface area contributed by atoms with E-state index in [2.05, 4.69) is 5.32 Å². The molecule has 2 bridgehead atoms. The van der Waals surface area contributed by atoms with Crippen molar-refractivity contribution >= 4 is 11.7 Å². The van der Waals surface area contributed by atoms with Crippen molar-refractivity contribution in [1.82, 2.24) is 0 Å². The predicted molar refractivity (Wildman–Crippen MR) is 98.3 cm³/mol. The molecular formula is C22H20F3NO2. The number of hydrogen-bond acceptors (Lipinski definition) is 2. The van der Waals surface area contributed by atoms with Gasteiger partial charge in [-0.3, -0.25) is 0 Å². The summed E-state index contributed by atoms with van der Waals surface area (Å²) in [7, 11) is 0. The van der Waals surface area contributed by atoms with E-state index < -0.39 is 17.7 Å². The molecule has 2 aliphatic carbocycles. The zero-order valence-electron chi connectivity index (χ0n) is 15.0. The Bertz CT molecular complexity index is 938. The highest BCUT2D eigenvalue weighted by Gasteiger charge is 2.54. The summed E-state index contributed by atoms with van der Waals surface area (Å²) in [6.45, 7) is 0. The number of halogens is 3. The third kappa shape index (κ3) is 2.54. The maximum absolute atomic E-state index is 13.7. The van der Waals surface area contributed by atoms with Gasteiger partial charge in [0.05, 0.1) is 22.9 Å². The van der Waals surface area contributed by atoms with E-state index in [0.717, 1.165) is 36.5 Å². The fraction of sp³-hybridized carbons (Fsp3) is 0.409. The summed E-state index contributed by atoms with van der Waals surface area (Å²) >= 11 is 0. The number of hydrogen-bond donors (Lipinski definition) is 2. The number of rotatable bonds is 2. The van der Waals surface area contributed by atoms with Crippen LogP contribution in [0.15, 0.2) is 42.5 Å². The minimum atomic E-state index is -4.42. The molecule has 2 fully saturated rings. The molecule has 0 radical (unpaired) electrons. The van der Waals surface area contributed by atoms with Gasteiger partial charge in [0.2, 0.25) is 0 Å². The van der Waals surface area contributed by atoms with Gasteiger partial charge in [0, 0.05) is 0 Å². The largest absolute Gasteiger partial charge is 0.478 e. The van der Waals surface area contributed by atoms with Gasteiger partial charge in [0.1, 0.15) is 0 Å². The normalized spacial score (nSPS) is 30.5. The highest BCUT2D eigenvalue weighted by atomic mass is 19.4. The number of fused-ring (bicyclic) bond motifs is 7. The van der Waals surface area contributed by atoms with Crippen LogP contribution in [0.2, 0.25) is 0 Å². The van der Waals surface area contributed by atoms with Gasteiger partial charge in [-0.25, -0.2) is 4.79 Å². The summed E-state index contributed by atoms with van der Waals surface area (Å²) in [6, 6.07) is 10.8. The average molecular weight is 387 g/mol. The van der Waals surface area contributed by atoms with Crippen LogP contribution in [-0.2, 0) is 6.18 Å². The van der Waals surface area contributed by atoms with Gasteiger partial charge >= 0.3 is 12.1 Å². The number of carbonyl (C=O) groups is 1. The number of aromatic carboxylic acids is 1. The molecule has 0 saturated heterocycles. The van der Waals surface area contributed by atoms with Gasteiger partial charge in [-0.05, 0) is 72.3 Å². The van der Waals surface area contributed by atoms with E-state index in [9.17, 15) is 18.0 Å². The summed E-state index contributed by atoms with van der Waals surface area (Å²) < 4.78 is 41.0. The third-order valence-electron chi connectivity index (χ3n) is 6.94. The Morgan fingerprint density at radius 3 is 2.43 bits per heavy atom. The second kappa shape index (κ2) is 6.00. The first-order chi connectivity index (χ1) is 13.3. The summed E-state index contributed by atoms with van der Waals surface area (Å²) in [4.78, 5) is 11.2. The van der Waals surface area contributed by atoms with Crippen LogP contribution in [0.25, 0.3) is 0 Å². The predicted octanol–water partition coefficient (Wildman–Crippen LogP) is 5.70. The number of carboxylic acids is 1. The number of para-hydroxylation sites is 1. The first-order valence-electron chi connectivity index (χ1n) is 9.64. The van der Waals surface area contributed by atoms with Crippen LogP contribution in [0, 0.1) is 17.8 Å². The molecule has 5 rings (SSSR count). The molecule has 3 nitrogen and oxygen atoms in total. The molecule has 2 saturated carbocycles. The lowest BCUT2D eigenvalue weighted by Crippen LogP contribution is -2.36. The van der Waals surface area contributed by atoms with Crippen LogP contribution in [0.3, 0.4) is 0 Å². The topological polar surface area (TPSA) is 49.3 Å². The third-order valence-corrected chi connectivity index (χ3v) is 6.94. The zero-order chi connectivity index (χ0) is 19.6. The lowest BCUT2D eigenvalue weighted by atomic mass is 9.67. The van der Waals surface area contributed by atoms with Gasteiger partial charge < -0.3 is 10.4 Å². The molecule has 0 spiro atoms. The molecule has 5 atom stereocenters. The SMILES string of the molecule is O=C(O)c1ccc([C@@H]2Nc3c(cccc3C(F)(F)F)[C@@H]3[C@H]4CC[C@@H](C4)[C@@H]32)cc1. The summed E-state index contributed by atoms with van der Waals surface area (Å²) in [6.07, 6.45) is -1.16. The van der Waals surface area contributed by atoms with Gasteiger partial charge in [-0.2, -0.15) is 13.2 Å². The molecule has 1 aliphatic heterocycles. The Morgan fingerprint density at radius 2 is 1.75 bits per heavy atom. The lowest BCUT2D eigenvalue weighted by molar-refractivity contribution is -0.137. The highest BCUT2D eigenvalue weighted by molar-refractivity contribution is 5.87. The summed E-state index contributed by atoms with van der Waals surface area (Å²) in [5.41, 5.74) is 1.43. The van der Waals surface area contributed by atoms with Crippen molar-refractivity contribution in [2.75, 3.05) is 5.32 Å². The molecule has 2 N–H and O–H groups in total. The van der Waals surface area contributed by atoms with Crippen molar-refractivity contribution in [3.63, 3.8) is 0 Å². The molecule has 0 amide bonds. The van der Waals surface area contributed by atoms with E-state index in [1.165, 1.54) is 18.2 Å². The monoisotopic (exact) mass is 387 g/mol. The van der Waals surface area contributed by atoms with Gasteiger partial charge in [-0.1, -0.05) is 24.3 Å². The Labute approximate surface area is 160 Å². The Hall–Kier alpha value is -2.50. The van der Waals surface area contributed by atoms with E-state index >= 15 is 0 Å². The average Bonchev–Trinajstić information content (AvgIpc) is 3.28. The molecule has 0 aromatic heterocycles. The molecular weight excluding hydrogens is 367 g/mol. The van der Waals surface area contributed by atoms with Crippen molar-refractivity contribution in [3.05, 3.63) is 64.7 Å². The van der Waals surface area contributed by atoms with Crippen LogP contribution in [0.1, 0.15) is 58.3 Å². The quantitative estimate of drug-likeness (QED) is 0.695. The minimum absolute atomic E-state index is 0.126.